The van der Waals surface area contributed by atoms with E-state index in [1.807, 2.05) is 0 Å². The van der Waals surface area contributed by atoms with E-state index in [9.17, 15) is 13.2 Å². The van der Waals surface area contributed by atoms with Gasteiger partial charge < -0.3 is 19.9 Å². The first-order chi connectivity index (χ1) is 13.9. The molecule has 0 unspecified atom stereocenters. The SMILES string of the molecule is CCOC(=O)[C@]1(CN)[C@@H](c2ccc3c(c2)OCO3)[C@@H]1S(=O)(=O)c1ccc(Cl)cc1. The first kappa shape index (κ1) is 20.0. The highest BCUT2D eigenvalue weighted by Crippen LogP contribution is 2.64. The predicted molar refractivity (Wildman–Crippen MR) is 106 cm³/mol. The first-order valence-electron chi connectivity index (χ1n) is 9.12. The maximum absolute atomic E-state index is 13.4. The summed E-state index contributed by atoms with van der Waals surface area (Å²) in [6, 6.07) is 11.0. The third-order valence-corrected chi connectivity index (χ3v) is 8.02. The second-order valence-corrected chi connectivity index (χ2v) is 9.48. The quantitative estimate of drug-likeness (QED) is 0.692. The number of carbonyl (C=O) groups excluding carboxylic acids is 1. The van der Waals surface area contributed by atoms with Gasteiger partial charge in [-0.15, -0.1) is 0 Å². The lowest BCUT2D eigenvalue weighted by Crippen LogP contribution is -2.33. The van der Waals surface area contributed by atoms with Gasteiger partial charge >= 0.3 is 5.97 Å². The maximum atomic E-state index is 13.4. The number of benzene rings is 2. The molecule has 4 rings (SSSR count). The Kier molecular flexibility index (Phi) is 4.96. The standard InChI is InChI=1S/C20H20ClNO6S/c1-2-26-19(23)20(10-22)17(12-3-8-15-16(9-12)28-11-27-15)18(20)29(24,25)14-6-4-13(21)5-7-14/h3-9,17-18H,2,10-11,22H2,1H3/t17-,18-,20+/m0/s1. The fourth-order valence-corrected chi connectivity index (χ4v) is 6.55. The average molecular weight is 438 g/mol. The lowest BCUT2D eigenvalue weighted by molar-refractivity contribution is -0.149. The highest BCUT2D eigenvalue weighted by Gasteiger charge is 2.75. The van der Waals surface area contributed by atoms with Crippen molar-refractivity contribution in [1.29, 1.82) is 0 Å². The van der Waals surface area contributed by atoms with E-state index in [4.69, 9.17) is 31.5 Å². The lowest BCUT2D eigenvalue weighted by Gasteiger charge is -2.14. The van der Waals surface area contributed by atoms with Gasteiger partial charge in [0, 0.05) is 17.5 Å². The highest BCUT2D eigenvalue weighted by atomic mass is 35.5. The summed E-state index contributed by atoms with van der Waals surface area (Å²) in [7, 11) is -3.89. The van der Waals surface area contributed by atoms with Crippen LogP contribution in [0.4, 0.5) is 0 Å². The predicted octanol–water partition coefficient (Wildman–Crippen LogP) is 2.52. The van der Waals surface area contributed by atoms with Crippen molar-refractivity contribution in [3.63, 3.8) is 0 Å². The van der Waals surface area contributed by atoms with Crippen LogP contribution in [-0.4, -0.2) is 39.6 Å². The van der Waals surface area contributed by atoms with E-state index in [0.29, 0.717) is 22.1 Å². The Hall–Kier alpha value is -2.29. The number of hydrogen-bond donors (Lipinski definition) is 1. The molecule has 2 N–H and O–H groups in total. The Bertz CT molecular complexity index is 1060. The molecule has 29 heavy (non-hydrogen) atoms. The molecule has 0 radical (unpaired) electrons. The molecule has 1 saturated carbocycles. The number of esters is 1. The molecule has 154 valence electrons. The van der Waals surface area contributed by atoms with Crippen molar-refractivity contribution < 1.29 is 27.4 Å². The molecule has 2 aromatic carbocycles. The van der Waals surface area contributed by atoms with Crippen LogP contribution in [0.25, 0.3) is 0 Å². The van der Waals surface area contributed by atoms with Crippen LogP contribution in [0, 0.1) is 5.41 Å². The molecule has 2 aromatic rings. The largest absolute Gasteiger partial charge is 0.465 e. The van der Waals surface area contributed by atoms with E-state index in [1.54, 1.807) is 25.1 Å². The first-order valence-corrected chi connectivity index (χ1v) is 11.0. The van der Waals surface area contributed by atoms with Crippen LogP contribution in [0.2, 0.25) is 5.02 Å². The summed E-state index contributed by atoms with van der Waals surface area (Å²) >= 11 is 5.90. The van der Waals surface area contributed by atoms with Gasteiger partial charge in [-0.05, 0) is 48.9 Å². The number of rotatable bonds is 6. The molecule has 1 aliphatic heterocycles. The van der Waals surface area contributed by atoms with Gasteiger partial charge in [-0.3, -0.25) is 4.79 Å². The summed E-state index contributed by atoms with van der Waals surface area (Å²) in [5, 5.41) is -0.636. The van der Waals surface area contributed by atoms with Crippen molar-refractivity contribution in [3.05, 3.63) is 53.1 Å². The van der Waals surface area contributed by atoms with Crippen LogP contribution in [0.3, 0.4) is 0 Å². The lowest BCUT2D eigenvalue weighted by atomic mass is 9.99. The molecule has 0 spiro atoms. The van der Waals surface area contributed by atoms with Crippen molar-refractivity contribution in [2.45, 2.75) is 23.0 Å². The number of fused-ring (bicyclic) bond motifs is 1. The summed E-state index contributed by atoms with van der Waals surface area (Å²) in [5.41, 5.74) is 5.25. The zero-order chi connectivity index (χ0) is 20.8. The van der Waals surface area contributed by atoms with E-state index < -0.39 is 32.4 Å². The van der Waals surface area contributed by atoms with Gasteiger partial charge in [0.05, 0.1) is 16.8 Å². The summed E-state index contributed by atoms with van der Waals surface area (Å²) in [5.74, 6) is -0.206. The summed E-state index contributed by atoms with van der Waals surface area (Å²) in [4.78, 5) is 13.0. The number of nitrogens with two attached hydrogens (primary N) is 1. The Morgan fingerprint density at radius 3 is 2.55 bits per heavy atom. The van der Waals surface area contributed by atoms with Crippen molar-refractivity contribution in [1.82, 2.24) is 0 Å². The van der Waals surface area contributed by atoms with Crippen LogP contribution >= 0.6 is 11.6 Å². The molecule has 0 amide bonds. The minimum absolute atomic E-state index is 0.0808. The molecular formula is C20H20ClNO6S. The Labute approximate surface area is 173 Å². The van der Waals surface area contributed by atoms with E-state index in [0.717, 1.165) is 0 Å². The Morgan fingerprint density at radius 2 is 1.90 bits per heavy atom. The van der Waals surface area contributed by atoms with E-state index in [-0.39, 0.29) is 24.8 Å². The molecule has 1 aliphatic carbocycles. The minimum Gasteiger partial charge on any atom is -0.465 e. The number of ether oxygens (including phenoxy) is 3. The molecule has 3 atom stereocenters. The smallest absolute Gasteiger partial charge is 0.315 e. The summed E-state index contributed by atoms with van der Waals surface area (Å²) in [6.07, 6.45) is 0. The zero-order valence-corrected chi connectivity index (χ0v) is 17.2. The van der Waals surface area contributed by atoms with Crippen molar-refractivity contribution in [3.8, 4) is 11.5 Å². The molecule has 1 fully saturated rings. The Balaban J connectivity index is 1.81. The fourth-order valence-electron chi connectivity index (χ4n) is 4.05. The molecule has 7 nitrogen and oxygen atoms in total. The van der Waals surface area contributed by atoms with Crippen LogP contribution in [0.1, 0.15) is 18.4 Å². The molecule has 9 heteroatoms. The number of carbonyl (C=O) groups is 1. The van der Waals surface area contributed by atoms with E-state index in [2.05, 4.69) is 0 Å². The van der Waals surface area contributed by atoms with Crippen LogP contribution in [-0.2, 0) is 19.4 Å². The highest BCUT2D eigenvalue weighted by molar-refractivity contribution is 7.92. The topological polar surface area (TPSA) is 105 Å². The molecular weight excluding hydrogens is 418 g/mol. The van der Waals surface area contributed by atoms with Crippen molar-refractivity contribution >= 4 is 27.4 Å². The number of hydrogen-bond acceptors (Lipinski definition) is 7. The molecule has 2 aliphatic rings. The van der Waals surface area contributed by atoms with Gasteiger partial charge in [0.25, 0.3) is 0 Å². The average Bonchev–Trinajstić information content (AvgIpc) is 3.20. The van der Waals surface area contributed by atoms with Crippen LogP contribution in [0.5, 0.6) is 11.5 Å². The number of sulfone groups is 1. The van der Waals surface area contributed by atoms with Gasteiger partial charge in [0.2, 0.25) is 6.79 Å². The van der Waals surface area contributed by atoms with E-state index in [1.165, 1.54) is 24.3 Å². The maximum Gasteiger partial charge on any atom is 0.315 e. The van der Waals surface area contributed by atoms with Gasteiger partial charge in [-0.1, -0.05) is 17.7 Å². The second-order valence-electron chi connectivity index (χ2n) is 6.97. The van der Waals surface area contributed by atoms with Crippen LogP contribution in [0.15, 0.2) is 47.4 Å². The third kappa shape index (κ3) is 3.06. The monoisotopic (exact) mass is 437 g/mol. The molecule has 0 saturated heterocycles. The third-order valence-electron chi connectivity index (χ3n) is 5.48. The van der Waals surface area contributed by atoms with Crippen molar-refractivity contribution in [2.75, 3.05) is 19.9 Å². The summed E-state index contributed by atoms with van der Waals surface area (Å²) < 4.78 is 42.8. The zero-order valence-electron chi connectivity index (χ0n) is 15.6. The molecule has 1 heterocycles. The van der Waals surface area contributed by atoms with Gasteiger partial charge in [-0.2, -0.15) is 0 Å². The van der Waals surface area contributed by atoms with Gasteiger partial charge in [-0.25, -0.2) is 8.42 Å². The summed E-state index contributed by atoms with van der Waals surface area (Å²) in [6.45, 7) is 1.73. The fraction of sp³-hybridized carbons (Fsp3) is 0.350. The number of halogens is 1. The van der Waals surface area contributed by atoms with Crippen molar-refractivity contribution in [2.24, 2.45) is 11.1 Å². The van der Waals surface area contributed by atoms with E-state index >= 15 is 0 Å². The normalized spacial score (nSPS) is 24.9. The van der Waals surface area contributed by atoms with Crippen LogP contribution < -0.4 is 15.2 Å². The molecule has 0 bridgehead atoms. The second kappa shape index (κ2) is 7.19. The minimum atomic E-state index is -3.89. The molecule has 0 aromatic heterocycles. The Morgan fingerprint density at radius 1 is 1.21 bits per heavy atom. The van der Waals surface area contributed by atoms with Gasteiger partial charge in [0.1, 0.15) is 5.41 Å². The van der Waals surface area contributed by atoms with Gasteiger partial charge in [0.15, 0.2) is 21.3 Å².